The molecule has 0 unspecified atom stereocenters. The number of ether oxygens (including phenoxy) is 1. The molecule has 34 heavy (non-hydrogen) atoms. The highest BCUT2D eigenvalue weighted by Crippen LogP contribution is 2.18. The van der Waals surface area contributed by atoms with E-state index in [1.807, 2.05) is 0 Å². The van der Waals surface area contributed by atoms with Gasteiger partial charge in [0.2, 0.25) is 0 Å². The molecule has 0 bridgehead atoms. The van der Waals surface area contributed by atoms with Crippen LogP contribution in [0.25, 0.3) is 5.70 Å². The average molecular weight is 472 g/mol. The molecule has 2 rings (SSSR count). The van der Waals surface area contributed by atoms with Crippen LogP contribution < -0.4 is 16.4 Å². The van der Waals surface area contributed by atoms with Crippen LogP contribution in [-0.4, -0.2) is 55.3 Å². The number of benzene rings is 2. The molecule has 7 N–H and O–H groups in total. The van der Waals surface area contributed by atoms with E-state index in [2.05, 4.69) is 10.6 Å². The molecule has 2 atom stereocenters. The minimum Gasteiger partial charge on any atom is -0.398 e. The van der Waals surface area contributed by atoms with E-state index in [4.69, 9.17) is 21.3 Å². The van der Waals surface area contributed by atoms with Gasteiger partial charge < -0.3 is 37.0 Å². The third-order valence-corrected chi connectivity index (χ3v) is 4.90. The third-order valence-electron chi connectivity index (χ3n) is 4.90. The first-order chi connectivity index (χ1) is 16.3. The lowest BCUT2D eigenvalue weighted by Gasteiger charge is -2.26. The van der Waals surface area contributed by atoms with Crippen molar-refractivity contribution in [2.45, 2.75) is 12.1 Å². The van der Waals surface area contributed by atoms with Gasteiger partial charge in [0.15, 0.2) is 0 Å². The standard InChI is InChI=1S/C24H27F2N5O3/c1-34-22(14-32)21(13-30-11-3-10-27)31-24(33)17-4-2-5-18(26)23(17)20(29)12-19(28)15-6-8-16(25)9-7-15/h2-12,21-22,27,29-30,32H,13-14,28H2,1H3,(H,31,33)/b11-3-,19-12-,27-10?,29-20?/t21-,22-/m1/s1. The predicted molar refractivity (Wildman–Crippen MR) is 127 cm³/mol. The molecule has 0 saturated carbocycles. The summed E-state index contributed by atoms with van der Waals surface area (Å²) in [6, 6.07) is 8.37. The summed E-state index contributed by atoms with van der Waals surface area (Å²) in [5, 5.41) is 30.5. The third kappa shape index (κ3) is 7.06. The van der Waals surface area contributed by atoms with Crippen molar-refractivity contribution in [3.8, 4) is 0 Å². The van der Waals surface area contributed by atoms with Gasteiger partial charge in [0.25, 0.3) is 5.91 Å². The Hall–Kier alpha value is -3.89. The van der Waals surface area contributed by atoms with Crippen molar-refractivity contribution in [1.82, 2.24) is 10.6 Å². The SMILES string of the molecule is CO[C@H](CO)[C@@H](CN/C=C\C=N)NC(=O)c1cccc(F)c1C(=N)/C=C(\N)c1ccc(F)cc1. The molecule has 1 amide bonds. The summed E-state index contributed by atoms with van der Waals surface area (Å²) in [5.74, 6) is -1.93. The molecule has 2 aromatic carbocycles. The van der Waals surface area contributed by atoms with Gasteiger partial charge in [0, 0.05) is 31.1 Å². The van der Waals surface area contributed by atoms with Gasteiger partial charge in [0.1, 0.15) is 17.7 Å². The molecule has 0 saturated heterocycles. The average Bonchev–Trinajstić information content (AvgIpc) is 2.82. The van der Waals surface area contributed by atoms with E-state index in [1.165, 1.54) is 61.9 Å². The summed E-state index contributed by atoms with van der Waals surface area (Å²) in [5.41, 5.74) is 5.80. The first-order valence-electron chi connectivity index (χ1n) is 10.3. The molecule has 0 aliphatic rings. The second kappa shape index (κ2) is 13.0. The molecule has 10 heteroatoms. The maximum absolute atomic E-state index is 14.7. The van der Waals surface area contributed by atoms with E-state index < -0.39 is 29.7 Å². The molecule has 2 aromatic rings. The van der Waals surface area contributed by atoms with Crippen molar-refractivity contribution < 1.29 is 23.4 Å². The molecule has 0 aliphatic carbocycles. The fourth-order valence-electron chi connectivity index (χ4n) is 3.14. The lowest BCUT2D eigenvalue weighted by atomic mass is 9.99. The van der Waals surface area contributed by atoms with Crippen molar-refractivity contribution in [2.24, 2.45) is 5.73 Å². The quantitative estimate of drug-likeness (QED) is 0.263. The highest BCUT2D eigenvalue weighted by atomic mass is 19.1. The molecule has 0 aliphatic heterocycles. The van der Waals surface area contributed by atoms with Gasteiger partial charge in [-0.2, -0.15) is 0 Å². The maximum atomic E-state index is 14.7. The largest absolute Gasteiger partial charge is 0.398 e. The highest BCUT2D eigenvalue weighted by molar-refractivity contribution is 6.16. The van der Waals surface area contributed by atoms with Crippen molar-refractivity contribution >= 4 is 23.5 Å². The molecular formula is C24H27F2N5O3. The van der Waals surface area contributed by atoms with E-state index in [-0.39, 0.29) is 35.7 Å². The summed E-state index contributed by atoms with van der Waals surface area (Å²) in [4.78, 5) is 13.1. The number of rotatable bonds is 12. The fourth-order valence-corrected chi connectivity index (χ4v) is 3.14. The molecule has 0 radical (unpaired) electrons. The van der Waals surface area contributed by atoms with E-state index in [0.29, 0.717) is 5.56 Å². The van der Waals surface area contributed by atoms with Crippen LogP contribution in [-0.2, 0) is 4.74 Å². The number of allylic oxidation sites excluding steroid dienone is 2. The minimum absolute atomic E-state index is 0.0967. The smallest absolute Gasteiger partial charge is 0.252 e. The molecule has 0 spiro atoms. The molecule has 0 heterocycles. The Morgan fingerprint density at radius 2 is 1.94 bits per heavy atom. The van der Waals surface area contributed by atoms with Crippen LogP contribution in [0.3, 0.4) is 0 Å². The second-order valence-electron chi connectivity index (χ2n) is 7.15. The van der Waals surface area contributed by atoms with Crippen LogP contribution in [0.5, 0.6) is 0 Å². The number of nitrogens with two attached hydrogens (primary N) is 1. The van der Waals surface area contributed by atoms with Gasteiger partial charge in [-0.15, -0.1) is 0 Å². The fraction of sp³-hybridized carbons (Fsp3) is 0.208. The van der Waals surface area contributed by atoms with Gasteiger partial charge in [-0.1, -0.05) is 18.2 Å². The lowest BCUT2D eigenvalue weighted by Crippen LogP contribution is -2.51. The summed E-state index contributed by atoms with van der Waals surface area (Å²) in [6.07, 6.45) is 4.41. The Balaban J connectivity index is 2.33. The van der Waals surface area contributed by atoms with Crippen LogP contribution in [0.1, 0.15) is 21.5 Å². The number of carbonyl (C=O) groups is 1. The van der Waals surface area contributed by atoms with Crippen molar-refractivity contribution in [3.63, 3.8) is 0 Å². The minimum atomic E-state index is -0.796. The number of aliphatic hydroxyl groups is 1. The van der Waals surface area contributed by atoms with Crippen LogP contribution in [0, 0.1) is 22.5 Å². The maximum Gasteiger partial charge on any atom is 0.252 e. The van der Waals surface area contributed by atoms with E-state index in [0.717, 1.165) is 12.3 Å². The van der Waals surface area contributed by atoms with E-state index in [1.54, 1.807) is 0 Å². The Labute approximate surface area is 196 Å². The zero-order valence-corrected chi connectivity index (χ0v) is 18.5. The molecule has 0 aromatic heterocycles. The second-order valence-corrected chi connectivity index (χ2v) is 7.15. The van der Waals surface area contributed by atoms with E-state index >= 15 is 0 Å². The van der Waals surface area contributed by atoms with Crippen molar-refractivity contribution in [2.75, 3.05) is 20.3 Å². The summed E-state index contributed by atoms with van der Waals surface area (Å²) >= 11 is 0. The number of methoxy groups -OCH3 is 1. The zero-order valence-electron chi connectivity index (χ0n) is 18.5. The Kier molecular flexibility index (Phi) is 10.1. The van der Waals surface area contributed by atoms with Crippen LogP contribution in [0.15, 0.2) is 60.8 Å². The Bertz CT molecular complexity index is 1070. The normalized spacial score (nSPS) is 13.4. The van der Waals surface area contributed by atoms with Crippen LogP contribution in [0.4, 0.5) is 8.78 Å². The van der Waals surface area contributed by atoms with Gasteiger partial charge in [0.05, 0.1) is 23.9 Å². The van der Waals surface area contributed by atoms with Gasteiger partial charge in [-0.25, -0.2) is 8.78 Å². The van der Waals surface area contributed by atoms with Gasteiger partial charge >= 0.3 is 0 Å². The van der Waals surface area contributed by atoms with Crippen molar-refractivity contribution in [1.29, 1.82) is 10.8 Å². The zero-order chi connectivity index (χ0) is 25.1. The number of nitrogens with one attached hydrogen (secondary N) is 4. The Morgan fingerprint density at radius 3 is 2.56 bits per heavy atom. The number of aliphatic hydroxyl groups excluding tert-OH is 1. The number of halogens is 2. The topological polar surface area (TPSA) is 144 Å². The van der Waals surface area contributed by atoms with Gasteiger partial charge in [-0.3, -0.25) is 4.79 Å². The predicted octanol–water partition coefficient (Wildman–Crippen LogP) is 2.19. The number of carbonyl (C=O) groups excluding carboxylic acids is 1. The van der Waals surface area contributed by atoms with Crippen molar-refractivity contribution in [3.05, 3.63) is 89.1 Å². The van der Waals surface area contributed by atoms with Crippen LogP contribution in [0.2, 0.25) is 0 Å². The lowest BCUT2D eigenvalue weighted by molar-refractivity contribution is 0.0223. The highest BCUT2D eigenvalue weighted by Gasteiger charge is 2.25. The van der Waals surface area contributed by atoms with E-state index in [9.17, 15) is 18.7 Å². The van der Waals surface area contributed by atoms with Crippen LogP contribution >= 0.6 is 0 Å². The summed E-state index contributed by atoms with van der Waals surface area (Å²) in [6.45, 7) is -0.241. The van der Waals surface area contributed by atoms with Gasteiger partial charge in [-0.05, 0) is 48.2 Å². The number of hydrogen-bond donors (Lipinski definition) is 6. The Morgan fingerprint density at radius 1 is 1.24 bits per heavy atom. The molecular weight excluding hydrogens is 444 g/mol. The molecule has 0 fully saturated rings. The molecule has 180 valence electrons. The monoisotopic (exact) mass is 471 g/mol. The molecule has 8 nitrogen and oxygen atoms in total. The first kappa shape index (κ1) is 26.4. The number of amides is 1. The summed E-state index contributed by atoms with van der Waals surface area (Å²) < 4.78 is 33.1. The first-order valence-corrected chi connectivity index (χ1v) is 10.3. The summed E-state index contributed by atoms with van der Waals surface area (Å²) in [7, 11) is 1.37. The number of hydrogen-bond acceptors (Lipinski definition) is 7.